The summed E-state index contributed by atoms with van der Waals surface area (Å²) in [5, 5.41) is 25.8. The Morgan fingerprint density at radius 1 is 1.31 bits per heavy atom. The standard InChI is InChI=1S/C29H39NO4S2/c1-16-11-20-19-8-7-17-12-18(31)9-10-27(17,5)24(19)21(32)13-28(20,6)29(16,34)23(33)15-36-25-30-22(14-35-25)26(2,3)4/h9-10,12,14,16,19-21,24,32,34H,7-8,11,13,15H2,1-6H3/t16-,19?,20?,21+,24?,27?,28?,29+/m1/s1. The number of hydrogen-bond acceptors (Lipinski definition) is 7. The van der Waals surface area contributed by atoms with Gasteiger partial charge in [0.05, 0.1) is 17.6 Å². The van der Waals surface area contributed by atoms with Gasteiger partial charge in [-0.15, -0.1) is 11.3 Å². The molecule has 5 unspecified atom stereocenters. The Hall–Kier alpha value is -1.28. The summed E-state index contributed by atoms with van der Waals surface area (Å²) in [5.41, 5.74) is -0.421. The molecule has 1 aromatic heterocycles. The Balaban J connectivity index is 1.40. The summed E-state index contributed by atoms with van der Waals surface area (Å²) in [6.07, 6.45) is 7.63. The van der Waals surface area contributed by atoms with Crippen LogP contribution >= 0.6 is 23.1 Å². The van der Waals surface area contributed by atoms with Crippen LogP contribution in [0, 0.1) is 34.5 Å². The number of hydrogen-bond donors (Lipinski definition) is 2. The summed E-state index contributed by atoms with van der Waals surface area (Å²) in [5.74, 6) is 0.221. The van der Waals surface area contributed by atoms with E-state index in [1.165, 1.54) is 11.8 Å². The van der Waals surface area contributed by atoms with E-state index in [1.807, 2.05) is 25.3 Å². The number of carbonyl (C=O) groups is 2. The zero-order chi connectivity index (χ0) is 26.3. The van der Waals surface area contributed by atoms with Crippen molar-refractivity contribution in [3.8, 4) is 0 Å². The lowest BCUT2D eigenvalue weighted by molar-refractivity contribution is -0.179. The van der Waals surface area contributed by atoms with Gasteiger partial charge in [-0.1, -0.05) is 65.0 Å². The Morgan fingerprint density at radius 3 is 2.69 bits per heavy atom. The highest BCUT2D eigenvalue weighted by Gasteiger charge is 2.70. The number of aliphatic hydroxyl groups is 2. The molecule has 36 heavy (non-hydrogen) atoms. The minimum atomic E-state index is -1.48. The van der Waals surface area contributed by atoms with Crippen LogP contribution in [0.2, 0.25) is 0 Å². The monoisotopic (exact) mass is 529 g/mol. The maximum Gasteiger partial charge on any atom is 0.178 e. The first kappa shape index (κ1) is 26.3. The summed E-state index contributed by atoms with van der Waals surface area (Å²) in [4.78, 5) is 30.5. The van der Waals surface area contributed by atoms with E-state index >= 15 is 0 Å². The summed E-state index contributed by atoms with van der Waals surface area (Å²) in [6.45, 7) is 12.6. The average molecular weight is 530 g/mol. The largest absolute Gasteiger partial charge is 0.393 e. The van der Waals surface area contributed by atoms with Gasteiger partial charge in [-0.3, -0.25) is 9.59 Å². The number of ketones is 2. The summed E-state index contributed by atoms with van der Waals surface area (Å²) >= 11 is 2.97. The van der Waals surface area contributed by atoms with Crippen molar-refractivity contribution in [3.05, 3.63) is 34.9 Å². The Morgan fingerprint density at radius 2 is 2.03 bits per heavy atom. The third-order valence-electron chi connectivity index (χ3n) is 10.1. The summed E-state index contributed by atoms with van der Waals surface area (Å²) in [6, 6.07) is 0. The zero-order valence-corrected chi connectivity index (χ0v) is 23.8. The maximum atomic E-state index is 13.8. The van der Waals surface area contributed by atoms with Crippen molar-refractivity contribution in [1.82, 2.24) is 4.98 Å². The highest BCUT2D eigenvalue weighted by molar-refractivity contribution is 8.01. The SMILES string of the molecule is C[C@@H]1CC2C3CCC4=CC(=O)C=CC4(C)C3[C@@H](O)CC2(C)[C@@]1(O)C(=O)CSc1nc(C(C)(C)C)cs1. The molecule has 7 heteroatoms. The van der Waals surface area contributed by atoms with Crippen molar-refractivity contribution in [1.29, 1.82) is 0 Å². The van der Waals surface area contributed by atoms with Gasteiger partial charge in [-0.25, -0.2) is 4.98 Å². The van der Waals surface area contributed by atoms with Gasteiger partial charge in [0.25, 0.3) is 0 Å². The first-order valence-electron chi connectivity index (χ1n) is 13.2. The van der Waals surface area contributed by atoms with Crippen LogP contribution in [0.15, 0.2) is 33.5 Å². The number of aliphatic hydroxyl groups excluding tert-OH is 1. The Labute approximate surface area is 222 Å². The molecule has 3 fully saturated rings. The third-order valence-corrected chi connectivity index (χ3v) is 12.1. The molecular weight excluding hydrogens is 490 g/mol. The highest BCUT2D eigenvalue weighted by atomic mass is 32.2. The molecule has 0 radical (unpaired) electrons. The van der Waals surface area contributed by atoms with E-state index in [1.54, 1.807) is 23.5 Å². The van der Waals surface area contributed by atoms with Gasteiger partial charge in [0.1, 0.15) is 5.60 Å². The zero-order valence-electron chi connectivity index (χ0n) is 22.2. The van der Waals surface area contributed by atoms with Crippen molar-refractivity contribution in [2.24, 2.45) is 34.5 Å². The minimum Gasteiger partial charge on any atom is -0.393 e. The maximum absolute atomic E-state index is 13.8. The van der Waals surface area contributed by atoms with E-state index < -0.39 is 17.1 Å². The molecule has 0 amide bonds. The number of thioether (sulfide) groups is 1. The van der Waals surface area contributed by atoms with Crippen molar-refractivity contribution in [2.45, 2.75) is 88.7 Å². The van der Waals surface area contributed by atoms with Crippen molar-refractivity contribution in [2.75, 3.05) is 5.75 Å². The fourth-order valence-corrected chi connectivity index (χ4v) is 10.2. The number of fused-ring (bicyclic) bond motifs is 5. The van der Waals surface area contributed by atoms with E-state index in [9.17, 15) is 19.8 Å². The topological polar surface area (TPSA) is 87.5 Å². The van der Waals surface area contributed by atoms with Crippen LogP contribution in [0.5, 0.6) is 0 Å². The molecule has 0 aromatic carbocycles. The van der Waals surface area contributed by atoms with Crippen molar-refractivity contribution in [3.63, 3.8) is 0 Å². The van der Waals surface area contributed by atoms with Gasteiger partial charge >= 0.3 is 0 Å². The first-order chi connectivity index (χ1) is 16.7. The molecule has 2 N–H and O–H groups in total. The smallest absolute Gasteiger partial charge is 0.178 e. The molecule has 5 rings (SSSR count). The molecule has 0 bridgehead atoms. The molecular formula is C29H39NO4S2. The number of rotatable bonds is 4. The van der Waals surface area contributed by atoms with E-state index in [0.29, 0.717) is 6.42 Å². The number of Topliss-reactive ketones (excluding diaryl/α,β-unsaturated/α-hetero) is 1. The van der Waals surface area contributed by atoms with Gasteiger partial charge in [0, 0.05) is 27.5 Å². The highest BCUT2D eigenvalue weighted by Crippen LogP contribution is 2.68. The van der Waals surface area contributed by atoms with Gasteiger partial charge in [-0.05, 0) is 55.6 Å². The third kappa shape index (κ3) is 3.75. The predicted octanol–water partition coefficient (Wildman–Crippen LogP) is 5.36. The lowest BCUT2D eigenvalue weighted by Crippen LogP contribution is -2.62. The van der Waals surface area contributed by atoms with Gasteiger partial charge in [-0.2, -0.15) is 0 Å². The lowest BCUT2D eigenvalue weighted by Gasteiger charge is -2.59. The van der Waals surface area contributed by atoms with Crippen LogP contribution in [-0.4, -0.2) is 44.2 Å². The summed E-state index contributed by atoms with van der Waals surface area (Å²) in [7, 11) is 0. The molecule has 0 spiro atoms. The number of allylic oxidation sites excluding steroid dienone is 4. The molecule has 196 valence electrons. The normalized spacial score (nSPS) is 41.9. The second-order valence-electron chi connectivity index (χ2n) is 13.1. The van der Waals surface area contributed by atoms with E-state index in [4.69, 9.17) is 4.98 Å². The molecule has 5 nitrogen and oxygen atoms in total. The Kier molecular flexibility index (Phi) is 6.30. The van der Waals surface area contributed by atoms with Crippen LogP contribution in [0.1, 0.15) is 72.9 Å². The fourth-order valence-electron chi connectivity index (χ4n) is 8.16. The molecule has 0 saturated heterocycles. The second-order valence-corrected chi connectivity index (χ2v) is 15.2. The van der Waals surface area contributed by atoms with Crippen LogP contribution in [0.4, 0.5) is 0 Å². The quantitative estimate of drug-likeness (QED) is 0.511. The molecule has 3 saturated carbocycles. The van der Waals surface area contributed by atoms with E-state index in [-0.39, 0.29) is 51.8 Å². The van der Waals surface area contributed by atoms with E-state index in [0.717, 1.165) is 34.9 Å². The van der Waals surface area contributed by atoms with Crippen LogP contribution < -0.4 is 0 Å². The predicted molar refractivity (Wildman–Crippen MR) is 144 cm³/mol. The van der Waals surface area contributed by atoms with Crippen LogP contribution in [-0.2, 0) is 15.0 Å². The van der Waals surface area contributed by atoms with Gasteiger partial charge in [0.15, 0.2) is 15.9 Å². The second kappa shape index (κ2) is 8.62. The van der Waals surface area contributed by atoms with Crippen LogP contribution in [0.25, 0.3) is 0 Å². The van der Waals surface area contributed by atoms with E-state index in [2.05, 4.69) is 27.7 Å². The fraction of sp³-hybridized carbons (Fsp3) is 0.690. The number of carbonyl (C=O) groups excluding carboxylic acids is 2. The first-order valence-corrected chi connectivity index (χ1v) is 15.0. The molecule has 4 aliphatic rings. The Bertz CT molecular complexity index is 1150. The van der Waals surface area contributed by atoms with Crippen LogP contribution in [0.3, 0.4) is 0 Å². The van der Waals surface area contributed by atoms with Gasteiger partial charge < -0.3 is 10.2 Å². The van der Waals surface area contributed by atoms with Crippen molar-refractivity contribution < 1.29 is 19.8 Å². The number of aromatic nitrogens is 1. The molecule has 1 aromatic rings. The number of thiazole rings is 1. The van der Waals surface area contributed by atoms with Gasteiger partial charge in [0.2, 0.25) is 0 Å². The molecule has 1 heterocycles. The molecule has 4 aliphatic carbocycles. The molecule has 0 aliphatic heterocycles. The average Bonchev–Trinajstić information content (AvgIpc) is 3.35. The van der Waals surface area contributed by atoms with Crippen molar-refractivity contribution >= 4 is 34.7 Å². The lowest BCUT2D eigenvalue weighted by atomic mass is 9.46. The summed E-state index contributed by atoms with van der Waals surface area (Å²) < 4.78 is 0.853. The number of nitrogens with zero attached hydrogens (tertiary/aromatic N) is 1. The minimum absolute atomic E-state index is 0.00918. The molecule has 8 atom stereocenters.